The Morgan fingerprint density at radius 2 is 1.86 bits per heavy atom. The van der Waals surface area contributed by atoms with E-state index in [-0.39, 0.29) is 10.4 Å². The predicted octanol–water partition coefficient (Wildman–Crippen LogP) is 1.81. The predicted molar refractivity (Wildman–Crippen MR) is 76.2 cm³/mol. The maximum Gasteiger partial charge on any atom is 0.332 e. The minimum atomic E-state index is -4.68. The number of aromatic nitrogens is 3. The molecule has 21 heavy (non-hydrogen) atoms. The van der Waals surface area contributed by atoms with Crippen LogP contribution >= 0.6 is 0 Å². The van der Waals surface area contributed by atoms with Gasteiger partial charge in [-0.1, -0.05) is 5.21 Å². The maximum atomic E-state index is 12.8. The molecule has 1 heterocycles. The zero-order valence-electron chi connectivity index (χ0n) is 12.0. The van der Waals surface area contributed by atoms with E-state index in [0.717, 1.165) is 5.69 Å². The first kappa shape index (κ1) is 15.6. The zero-order chi connectivity index (χ0) is 15.7. The van der Waals surface area contributed by atoms with Crippen LogP contribution in [0.2, 0.25) is 0 Å². The number of hydrogen-bond acceptors (Lipinski definition) is 5. The summed E-state index contributed by atoms with van der Waals surface area (Å²) in [5.41, 5.74) is 1.34. The van der Waals surface area contributed by atoms with Crippen molar-refractivity contribution in [3.8, 4) is 5.69 Å². The van der Waals surface area contributed by atoms with E-state index in [2.05, 4.69) is 15.6 Å². The van der Waals surface area contributed by atoms with Crippen molar-refractivity contribution < 1.29 is 12.3 Å². The first-order valence-electron chi connectivity index (χ1n) is 6.36. The molecule has 2 rings (SSSR count). The molecule has 1 N–H and O–H groups in total. The first-order chi connectivity index (χ1) is 9.65. The third-order valence-electron chi connectivity index (χ3n) is 2.72. The largest absolute Gasteiger partial charge is 0.332 e. The van der Waals surface area contributed by atoms with Gasteiger partial charge in [0.1, 0.15) is 0 Å². The number of nitrogens with zero attached hydrogens (tertiary/aromatic N) is 3. The Morgan fingerprint density at radius 1 is 1.24 bits per heavy atom. The standard InChI is InChI=1S/C13H17FN4O2S/c1-13(2,3)15-8-10-9-18(17-16-10)11-4-6-12(7-5-11)21(14,19)20/h4-7,9,15H,8H2,1-3H3. The van der Waals surface area contributed by atoms with E-state index in [9.17, 15) is 12.3 Å². The van der Waals surface area contributed by atoms with Crippen LogP contribution in [0.4, 0.5) is 3.89 Å². The minimum absolute atomic E-state index is 0.0269. The van der Waals surface area contributed by atoms with Crippen molar-refractivity contribution in [1.82, 2.24) is 20.3 Å². The third-order valence-corrected chi connectivity index (χ3v) is 3.56. The van der Waals surface area contributed by atoms with E-state index in [1.54, 1.807) is 6.20 Å². The molecule has 0 aliphatic carbocycles. The van der Waals surface area contributed by atoms with Crippen LogP contribution in [0, 0.1) is 0 Å². The van der Waals surface area contributed by atoms with Crippen LogP contribution in [0.25, 0.3) is 5.69 Å². The average molecular weight is 312 g/mol. The normalized spacial score (nSPS) is 12.6. The van der Waals surface area contributed by atoms with Gasteiger partial charge in [0.2, 0.25) is 0 Å². The number of benzene rings is 1. The minimum Gasteiger partial charge on any atom is -0.306 e. The van der Waals surface area contributed by atoms with Crippen LogP contribution in [-0.4, -0.2) is 29.0 Å². The van der Waals surface area contributed by atoms with Gasteiger partial charge in [-0.05, 0) is 45.0 Å². The van der Waals surface area contributed by atoms with Crippen LogP contribution in [0.15, 0.2) is 35.4 Å². The second kappa shape index (κ2) is 5.53. The molecule has 0 atom stereocenters. The summed E-state index contributed by atoms with van der Waals surface area (Å²) >= 11 is 0. The lowest BCUT2D eigenvalue weighted by molar-refractivity contribution is 0.421. The van der Waals surface area contributed by atoms with Crippen LogP contribution in [0.5, 0.6) is 0 Å². The Morgan fingerprint density at radius 3 is 2.38 bits per heavy atom. The quantitative estimate of drug-likeness (QED) is 0.871. The highest BCUT2D eigenvalue weighted by atomic mass is 32.3. The Balaban J connectivity index is 2.14. The van der Waals surface area contributed by atoms with Gasteiger partial charge < -0.3 is 5.32 Å². The highest BCUT2D eigenvalue weighted by Crippen LogP contribution is 2.15. The summed E-state index contributed by atoms with van der Waals surface area (Å²) in [4.78, 5) is -0.374. The molecular weight excluding hydrogens is 295 g/mol. The van der Waals surface area contributed by atoms with Gasteiger partial charge in [-0.25, -0.2) is 4.68 Å². The third kappa shape index (κ3) is 4.33. The lowest BCUT2D eigenvalue weighted by atomic mass is 10.1. The number of hydrogen-bond donors (Lipinski definition) is 1. The van der Waals surface area contributed by atoms with Crippen LogP contribution in [0.1, 0.15) is 26.5 Å². The molecule has 1 aromatic heterocycles. The van der Waals surface area contributed by atoms with Crippen molar-refractivity contribution >= 4 is 10.2 Å². The van der Waals surface area contributed by atoms with E-state index < -0.39 is 10.2 Å². The summed E-state index contributed by atoms with van der Waals surface area (Å²) in [5, 5.41) is 11.3. The van der Waals surface area contributed by atoms with Gasteiger partial charge in [-0.15, -0.1) is 8.98 Å². The Bertz CT molecular complexity index is 717. The Labute approximate surface area is 123 Å². The lowest BCUT2D eigenvalue weighted by Gasteiger charge is -2.19. The van der Waals surface area contributed by atoms with Crippen molar-refractivity contribution in [3.05, 3.63) is 36.2 Å². The number of rotatable bonds is 4. The lowest BCUT2D eigenvalue weighted by Crippen LogP contribution is -2.35. The topological polar surface area (TPSA) is 76.9 Å². The van der Waals surface area contributed by atoms with Gasteiger partial charge in [-0.3, -0.25) is 0 Å². The van der Waals surface area contributed by atoms with E-state index >= 15 is 0 Å². The monoisotopic (exact) mass is 312 g/mol. The molecule has 0 saturated carbocycles. The van der Waals surface area contributed by atoms with Crippen molar-refractivity contribution in [2.24, 2.45) is 0 Å². The summed E-state index contributed by atoms with van der Waals surface area (Å²) in [6.07, 6.45) is 1.73. The highest BCUT2D eigenvalue weighted by Gasteiger charge is 2.13. The second-order valence-corrected chi connectivity index (χ2v) is 7.04. The van der Waals surface area contributed by atoms with E-state index in [1.807, 2.05) is 20.8 Å². The summed E-state index contributed by atoms with van der Waals surface area (Å²) in [5.74, 6) is 0. The average Bonchev–Trinajstić information content (AvgIpc) is 2.83. The van der Waals surface area contributed by atoms with Gasteiger partial charge in [0, 0.05) is 12.1 Å². The van der Waals surface area contributed by atoms with Gasteiger partial charge in [0.25, 0.3) is 0 Å². The van der Waals surface area contributed by atoms with E-state index in [1.165, 1.54) is 28.9 Å². The molecule has 8 heteroatoms. The second-order valence-electron chi connectivity index (χ2n) is 5.69. The zero-order valence-corrected chi connectivity index (χ0v) is 12.9. The molecule has 0 spiro atoms. The number of nitrogens with one attached hydrogen (secondary N) is 1. The molecule has 0 unspecified atom stereocenters. The van der Waals surface area contributed by atoms with Gasteiger partial charge in [0.15, 0.2) is 0 Å². The smallest absolute Gasteiger partial charge is 0.306 e. The van der Waals surface area contributed by atoms with Gasteiger partial charge in [-0.2, -0.15) is 8.42 Å². The molecule has 1 aromatic carbocycles. The van der Waals surface area contributed by atoms with Crippen molar-refractivity contribution in [2.45, 2.75) is 37.8 Å². The summed E-state index contributed by atoms with van der Waals surface area (Å²) in [7, 11) is -4.68. The summed E-state index contributed by atoms with van der Waals surface area (Å²) < 4.78 is 35.8. The SMILES string of the molecule is CC(C)(C)NCc1cn(-c2ccc(S(=O)(=O)F)cc2)nn1. The van der Waals surface area contributed by atoms with Crippen molar-refractivity contribution in [3.63, 3.8) is 0 Å². The molecule has 0 saturated heterocycles. The van der Waals surface area contributed by atoms with Gasteiger partial charge >= 0.3 is 10.2 Å². The van der Waals surface area contributed by atoms with Gasteiger partial charge in [0.05, 0.1) is 22.5 Å². The molecular formula is C13H17FN4O2S. The van der Waals surface area contributed by atoms with E-state index in [4.69, 9.17) is 0 Å². The first-order valence-corrected chi connectivity index (χ1v) is 7.75. The molecule has 0 aliphatic rings. The van der Waals surface area contributed by atoms with Crippen molar-refractivity contribution in [2.75, 3.05) is 0 Å². The highest BCUT2D eigenvalue weighted by molar-refractivity contribution is 7.86. The molecule has 0 amide bonds. The fraction of sp³-hybridized carbons (Fsp3) is 0.385. The van der Waals surface area contributed by atoms with Crippen LogP contribution in [0.3, 0.4) is 0 Å². The van der Waals surface area contributed by atoms with Crippen molar-refractivity contribution in [1.29, 1.82) is 0 Å². The molecule has 0 aliphatic heterocycles. The Hall–Kier alpha value is -1.80. The Kier molecular flexibility index (Phi) is 4.11. The number of halogens is 1. The van der Waals surface area contributed by atoms with Crippen LogP contribution in [-0.2, 0) is 16.8 Å². The molecule has 114 valence electrons. The van der Waals surface area contributed by atoms with E-state index in [0.29, 0.717) is 12.2 Å². The molecule has 2 aromatic rings. The van der Waals surface area contributed by atoms with Crippen LogP contribution < -0.4 is 5.32 Å². The molecule has 0 radical (unpaired) electrons. The molecule has 6 nitrogen and oxygen atoms in total. The fourth-order valence-electron chi connectivity index (χ4n) is 1.62. The molecule has 0 fully saturated rings. The summed E-state index contributed by atoms with van der Waals surface area (Å²) in [6.45, 7) is 6.72. The fourth-order valence-corrected chi connectivity index (χ4v) is 2.08. The molecule has 0 bridgehead atoms. The maximum absolute atomic E-state index is 12.8. The summed E-state index contributed by atoms with van der Waals surface area (Å²) in [6, 6.07) is 5.34.